The number of nitrogens with one attached hydrogen (secondary N) is 1. The van der Waals surface area contributed by atoms with Gasteiger partial charge in [0.1, 0.15) is 17.2 Å². The van der Waals surface area contributed by atoms with Crippen LogP contribution in [0.25, 0.3) is 0 Å². The molecule has 0 saturated heterocycles. The predicted molar refractivity (Wildman–Crippen MR) is 123 cm³/mol. The van der Waals surface area contributed by atoms with E-state index in [2.05, 4.69) is 15.3 Å². The Balaban J connectivity index is 1.56. The topological polar surface area (TPSA) is 101 Å². The second-order valence-corrected chi connectivity index (χ2v) is 8.41. The van der Waals surface area contributed by atoms with Crippen molar-refractivity contribution in [3.05, 3.63) is 83.4 Å². The molecule has 1 aliphatic carbocycles. The molecule has 0 aliphatic heterocycles. The predicted octanol–water partition coefficient (Wildman–Crippen LogP) is 5.02. The maximum atomic E-state index is 13.1. The molecular formula is C25H24ClN3O4. The van der Waals surface area contributed by atoms with Gasteiger partial charge in [-0.25, -0.2) is 4.98 Å². The molecule has 33 heavy (non-hydrogen) atoms. The van der Waals surface area contributed by atoms with Crippen LogP contribution in [-0.4, -0.2) is 27.0 Å². The number of aliphatic carboxylic acids is 1. The molecule has 1 fully saturated rings. The number of para-hydroxylation sites is 1. The average Bonchev–Trinajstić information content (AvgIpc) is 2.84. The first kappa shape index (κ1) is 22.7. The van der Waals surface area contributed by atoms with Gasteiger partial charge in [0.25, 0.3) is 0 Å². The second kappa shape index (κ2) is 10.4. The zero-order chi connectivity index (χ0) is 23.2. The maximum absolute atomic E-state index is 13.1. The molecule has 1 aromatic heterocycles. The Labute approximate surface area is 196 Å². The average molecular weight is 466 g/mol. The zero-order valence-electron chi connectivity index (χ0n) is 17.9. The number of aromatic nitrogens is 2. The molecule has 2 N–H and O–H groups in total. The molecule has 8 heteroatoms. The third-order valence-electron chi connectivity index (χ3n) is 5.83. The van der Waals surface area contributed by atoms with E-state index in [1.165, 1.54) is 12.4 Å². The van der Waals surface area contributed by atoms with Gasteiger partial charge in [-0.3, -0.25) is 14.6 Å². The van der Waals surface area contributed by atoms with Crippen molar-refractivity contribution in [2.75, 3.05) is 0 Å². The lowest BCUT2D eigenvalue weighted by atomic mass is 9.81. The number of carboxylic acid groups (broad SMARTS) is 1. The SMILES string of the molecule is O=C(O)[C@@H]1CCC[C@@H](C(=O)NC(c2ccc(Oc3ccccc3)cc2)c2nccnc2Cl)C1. The molecular weight excluding hydrogens is 442 g/mol. The highest BCUT2D eigenvalue weighted by Crippen LogP contribution is 2.32. The van der Waals surface area contributed by atoms with Crippen LogP contribution in [0.3, 0.4) is 0 Å². The van der Waals surface area contributed by atoms with E-state index >= 15 is 0 Å². The Morgan fingerprint density at radius 2 is 1.64 bits per heavy atom. The smallest absolute Gasteiger partial charge is 0.306 e. The van der Waals surface area contributed by atoms with Gasteiger partial charge < -0.3 is 15.2 Å². The number of hydrogen-bond acceptors (Lipinski definition) is 5. The lowest BCUT2D eigenvalue weighted by molar-refractivity contribution is -0.144. The van der Waals surface area contributed by atoms with Crippen molar-refractivity contribution in [2.24, 2.45) is 11.8 Å². The Morgan fingerprint density at radius 3 is 2.33 bits per heavy atom. The van der Waals surface area contributed by atoms with Crippen LogP contribution in [0.5, 0.6) is 11.5 Å². The summed E-state index contributed by atoms with van der Waals surface area (Å²) in [4.78, 5) is 33.0. The fourth-order valence-corrected chi connectivity index (χ4v) is 4.31. The molecule has 4 rings (SSSR count). The summed E-state index contributed by atoms with van der Waals surface area (Å²) >= 11 is 6.31. The third-order valence-corrected chi connectivity index (χ3v) is 6.12. The molecule has 1 aliphatic rings. The van der Waals surface area contributed by atoms with Gasteiger partial charge in [-0.1, -0.05) is 48.4 Å². The van der Waals surface area contributed by atoms with Gasteiger partial charge in [-0.05, 0) is 49.1 Å². The van der Waals surface area contributed by atoms with E-state index in [9.17, 15) is 14.7 Å². The lowest BCUT2D eigenvalue weighted by Gasteiger charge is -2.28. The second-order valence-electron chi connectivity index (χ2n) is 8.06. The van der Waals surface area contributed by atoms with Gasteiger partial charge >= 0.3 is 5.97 Å². The molecule has 7 nitrogen and oxygen atoms in total. The van der Waals surface area contributed by atoms with E-state index < -0.39 is 17.9 Å². The Kier molecular flexibility index (Phi) is 7.19. The highest BCUT2D eigenvalue weighted by molar-refractivity contribution is 6.30. The van der Waals surface area contributed by atoms with Crippen LogP contribution in [0.1, 0.15) is 43.0 Å². The lowest BCUT2D eigenvalue weighted by Crippen LogP contribution is -2.38. The fourth-order valence-electron chi connectivity index (χ4n) is 4.10. The van der Waals surface area contributed by atoms with Crippen LogP contribution in [-0.2, 0) is 9.59 Å². The number of ether oxygens (including phenoxy) is 1. The van der Waals surface area contributed by atoms with Gasteiger partial charge in [-0.2, -0.15) is 0 Å². The summed E-state index contributed by atoms with van der Waals surface area (Å²) in [5.41, 5.74) is 1.19. The first-order valence-corrected chi connectivity index (χ1v) is 11.2. The van der Waals surface area contributed by atoms with Crippen LogP contribution in [0.15, 0.2) is 67.0 Å². The molecule has 1 unspecified atom stereocenters. The van der Waals surface area contributed by atoms with Gasteiger partial charge in [0.2, 0.25) is 5.91 Å². The number of halogens is 1. The maximum Gasteiger partial charge on any atom is 0.306 e. The van der Waals surface area contributed by atoms with Crippen LogP contribution in [0, 0.1) is 11.8 Å². The molecule has 2 aromatic carbocycles. The number of nitrogens with zero attached hydrogens (tertiary/aromatic N) is 2. The molecule has 0 radical (unpaired) electrons. The summed E-state index contributed by atoms with van der Waals surface area (Å²) in [6.07, 6.45) is 5.29. The zero-order valence-corrected chi connectivity index (χ0v) is 18.6. The van der Waals surface area contributed by atoms with Crippen molar-refractivity contribution in [1.82, 2.24) is 15.3 Å². The first-order valence-electron chi connectivity index (χ1n) is 10.8. The molecule has 170 valence electrons. The summed E-state index contributed by atoms with van der Waals surface area (Å²) in [6.45, 7) is 0. The highest BCUT2D eigenvalue weighted by atomic mass is 35.5. The number of amides is 1. The third kappa shape index (κ3) is 5.68. The molecule has 1 amide bonds. The minimum atomic E-state index is -0.852. The number of rotatable bonds is 7. The quantitative estimate of drug-likeness (QED) is 0.508. The van der Waals surface area contributed by atoms with Crippen molar-refractivity contribution >= 4 is 23.5 Å². The number of benzene rings is 2. The van der Waals surface area contributed by atoms with E-state index in [1.54, 1.807) is 0 Å². The summed E-state index contributed by atoms with van der Waals surface area (Å²) in [5, 5.41) is 12.6. The fraction of sp³-hybridized carbons (Fsp3) is 0.280. The van der Waals surface area contributed by atoms with E-state index in [4.69, 9.17) is 16.3 Å². The van der Waals surface area contributed by atoms with Crippen LogP contribution in [0.4, 0.5) is 0 Å². The molecule has 1 saturated carbocycles. The van der Waals surface area contributed by atoms with E-state index in [1.807, 2.05) is 54.6 Å². The van der Waals surface area contributed by atoms with Gasteiger partial charge in [0.15, 0.2) is 5.15 Å². The van der Waals surface area contributed by atoms with Crippen molar-refractivity contribution in [3.63, 3.8) is 0 Å². The Bertz CT molecular complexity index is 1110. The minimum absolute atomic E-state index is 0.194. The number of carbonyl (C=O) groups is 2. The van der Waals surface area contributed by atoms with Crippen LogP contribution in [0.2, 0.25) is 5.15 Å². The Hall–Kier alpha value is -3.45. The minimum Gasteiger partial charge on any atom is -0.481 e. The van der Waals surface area contributed by atoms with Crippen molar-refractivity contribution < 1.29 is 19.4 Å². The Morgan fingerprint density at radius 1 is 0.970 bits per heavy atom. The first-order chi connectivity index (χ1) is 16.0. The standard InChI is InChI=1S/C25H24ClN3O4/c26-23-22(27-13-14-28-23)21(29-24(30)17-5-4-6-18(15-17)25(31)32)16-9-11-20(12-10-16)33-19-7-2-1-3-8-19/h1-3,7-14,17-18,21H,4-6,15H2,(H,29,30)(H,31,32)/t17-,18-,21?/m1/s1. The van der Waals surface area contributed by atoms with E-state index in [0.29, 0.717) is 37.1 Å². The van der Waals surface area contributed by atoms with Gasteiger partial charge in [0, 0.05) is 18.3 Å². The molecule has 1 heterocycles. The van der Waals surface area contributed by atoms with E-state index in [-0.39, 0.29) is 17.0 Å². The number of carboxylic acids is 1. The molecule has 0 spiro atoms. The monoisotopic (exact) mass is 465 g/mol. The summed E-state index contributed by atoms with van der Waals surface area (Å²) in [7, 11) is 0. The molecule has 3 aromatic rings. The summed E-state index contributed by atoms with van der Waals surface area (Å²) in [6, 6.07) is 16.1. The number of hydrogen-bond donors (Lipinski definition) is 2. The molecule has 0 bridgehead atoms. The van der Waals surface area contributed by atoms with Gasteiger partial charge in [0.05, 0.1) is 12.0 Å². The summed E-state index contributed by atoms with van der Waals surface area (Å²) < 4.78 is 5.86. The van der Waals surface area contributed by atoms with Crippen LogP contribution < -0.4 is 10.1 Å². The van der Waals surface area contributed by atoms with Crippen molar-refractivity contribution in [3.8, 4) is 11.5 Å². The number of carbonyl (C=O) groups excluding carboxylic acids is 1. The summed E-state index contributed by atoms with van der Waals surface area (Å²) in [5.74, 6) is -0.567. The van der Waals surface area contributed by atoms with Gasteiger partial charge in [-0.15, -0.1) is 0 Å². The highest BCUT2D eigenvalue weighted by Gasteiger charge is 2.33. The van der Waals surface area contributed by atoms with Crippen molar-refractivity contribution in [1.29, 1.82) is 0 Å². The van der Waals surface area contributed by atoms with Crippen molar-refractivity contribution in [2.45, 2.75) is 31.7 Å². The molecule has 3 atom stereocenters. The normalized spacial score (nSPS) is 18.8. The largest absolute Gasteiger partial charge is 0.481 e. The van der Waals surface area contributed by atoms with Crippen LogP contribution >= 0.6 is 11.6 Å². The van der Waals surface area contributed by atoms with E-state index in [0.717, 1.165) is 11.3 Å².